The van der Waals surface area contributed by atoms with Gasteiger partial charge in [-0.05, 0) is 36.1 Å². The predicted molar refractivity (Wildman–Crippen MR) is 108 cm³/mol. The summed E-state index contributed by atoms with van der Waals surface area (Å²) >= 11 is 0. The van der Waals surface area contributed by atoms with Crippen molar-refractivity contribution < 1.29 is 4.79 Å². The molecule has 5 nitrogen and oxygen atoms in total. The Morgan fingerprint density at radius 1 is 1.12 bits per heavy atom. The molecule has 0 aliphatic heterocycles. The third-order valence-electron chi connectivity index (χ3n) is 4.31. The standard InChI is InChI=1S/C21H28N4O/c1-15-6-5-7-19(12-15)16(2)13-24-21(23-4)25-14-17-8-10-18(11-9-17)20(26)22-3/h5-12,16H,13-14H2,1-4H3,(H,22,26)(H2,23,24,25). The number of guanidine groups is 1. The van der Waals surface area contributed by atoms with Gasteiger partial charge in [-0.25, -0.2) is 0 Å². The normalized spacial score (nSPS) is 12.4. The molecule has 0 aromatic heterocycles. The fourth-order valence-electron chi connectivity index (χ4n) is 2.67. The maximum atomic E-state index is 11.6. The van der Waals surface area contributed by atoms with Crippen molar-refractivity contribution in [3.8, 4) is 0 Å². The third-order valence-corrected chi connectivity index (χ3v) is 4.31. The Hall–Kier alpha value is -2.82. The van der Waals surface area contributed by atoms with E-state index < -0.39 is 0 Å². The van der Waals surface area contributed by atoms with Gasteiger partial charge in [-0.1, -0.05) is 48.9 Å². The van der Waals surface area contributed by atoms with E-state index >= 15 is 0 Å². The highest BCUT2D eigenvalue weighted by molar-refractivity contribution is 5.93. The van der Waals surface area contributed by atoms with Gasteiger partial charge in [0.05, 0.1) is 0 Å². The van der Waals surface area contributed by atoms with E-state index in [1.54, 1.807) is 14.1 Å². The van der Waals surface area contributed by atoms with Gasteiger partial charge in [0.25, 0.3) is 5.91 Å². The van der Waals surface area contributed by atoms with Crippen LogP contribution in [0.4, 0.5) is 0 Å². The van der Waals surface area contributed by atoms with Crippen molar-refractivity contribution in [1.29, 1.82) is 0 Å². The molecule has 0 fully saturated rings. The first-order valence-electron chi connectivity index (χ1n) is 8.85. The number of carbonyl (C=O) groups excluding carboxylic acids is 1. The molecule has 26 heavy (non-hydrogen) atoms. The van der Waals surface area contributed by atoms with Crippen molar-refractivity contribution in [3.05, 3.63) is 70.8 Å². The lowest BCUT2D eigenvalue weighted by Crippen LogP contribution is -2.38. The van der Waals surface area contributed by atoms with E-state index in [4.69, 9.17) is 0 Å². The molecule has 1 unspecified atom stereocenters. The fourth-order valence-corrected chi connectivity index (χ4v) is 2.67. The Labute approximate surface area is 155 Å². The lowest BCUT2D eigenvalue weighted by Gasteiger charge is -2.17. The molecule has 138 valence electrons. The summed E-state index contributed by atoms with van der Waals surface area (Å²) in [6.07, 6.45) is 0. The van der Waals surface area contributed by atoms with Crippen molar-refractivity contribution in [2.24, 2.45) is 4.99 Å². The molecular formula is C21H28N4O. The Morgan fingerprint density at radius 2 is 1.85 bits per heavy atom. The summed E-state index contributed by atoms with van der Waals surface area (Å²) in [7, 11) is 3.40. The number of nitrogens with one attached hydrogen (secondary N) is 3. The van der Waals surface area contributed by atoms with Gasteiger partial charge in [0.2, 0.25) is 0 Å². The van der Waals surface area contributed by atoms with E-state index in [0.29, 0.717) is 18.0 Å². The smallest absolute Gasteiger partial charge is 0.251 e. The first-order valence-corrected chi connectivity index (χ1v) is 8.85. The minimum absolute atomic E-state index is 0.0767. The molecule has 5 heteroatoms. The van der Waals surface area contributed by atoms with Crippen LogP contribution < -0.4 is 16.0 Å². The Bertz CT molecular complexity index is 753. The molecule has 2 rings (SSSR count). The molecule has 3 N–H and O–H groups in total. The molecule has 0 aliphatic rings. The van der Waals surface area contributed by atoms with Crippen molar-refractivity contribution >= 4 is 11.9 Å². The van der Waals surface area contributed by atoms with E-state index in [1.165, 1.54) is 11.1 Å². The Kier molecular flexibility index (Phi) is 7.21. The van der Waals surface area contributed by atoms with Crippen LogP contribution >= 0.6 is 0 Å². The summed E-state index contributed by atoms with van der Waals surface area (Å²) in [6.45, 7) is 5.76. The number of amides is 1. The molecule has 0 saturated carbocycles. The van der Waals surface area contributed by atoms with Gasteiger partial charge in [0.15, 0.2) is 5.96 Å². The maximum Gasteiger partial charge on any atom is 0.251 e. The quantitative estimate of drug-likeness (QED) is 0.553. The molecule has 0 aliphatic carbocycles. The zero-order chi connectivity index (χ0) is 18.9. The van der Waals surface area contributed by atoms with Crippen molar-refractivity contribution in [2.75, 3.05) is 20.6 Å². The monoisotopic (exact) mass is 352 g/mol. The molecule has 0 bridgehead atoms. The highest BCUT2D eigenvalue weighted by atomic mass is 16.1. The van der Waals surface area contributed by atoms with Gasteiger partial charge in [0, 0.05) is 32.7 Å². The third kappa shape index (κ3) is 5.62. The SMILES string of the molecule is CN=C(NCc1ccc(C(=O)NC)cc1)NCC(C)c1cccc(C)c1. The summed E-state index contributed by atoms with van der Waals surface area (Å²) in [6, 6.07) is 16.1. The average molecular weight is 352 g/mol. The molecule has 0 radical (unpaired) electrons. The van der Waals surface area contributed by atoms with Gasteiger partial charge in [-0.15, -0.1) is 0 Å². The van der Waals surface area contributed by atoms with Crippen LogP contribution in [0, 0.1) is 6.92 Å². The largest absolute Gasteiger partial charge is 0.356 e. The molecule has 1 amide bonds. The van der Waals surface area contributed by atoms with Crippen LogP contribution in [0.5, 0.6) is 0 Å². The second kappa shape index (κ2) is 9.61. The minimum Gasteiger partial charge on any atom is -0.356 e. The van der Waals surface area contributed by atoms with Crippen LogP contribution in [-0.2, 0) is 6.54 Å². The molecule has 0 spiro atoms. The van der Waals surface area contributed by atoms with E-state index in [1.807, 2.05) is 24.3 Å². The van der Waals surface area contributed by atoms with Crippen LogP contribution in [0.25, 0.3) is 0 Å². The second-order valence-corrected chi connectivity index (χ2v) is 6.40. The zero-order valence-corrected chi connectivity index (χ0v) is 16.0. The van der Waals surface area contributed by atoms with Gasteiger partial charge in [0.1, 0.15) is 0 Å². The highest BCUT2D eigenvalue weighted by Crippen LogP contribution is 2.15. The first kappa shape index (κ1) is 19.5. The number of hydrogen-bond acceptors (Lipinski definition) is 2. The van der Waals surface area contributed by atoms with Gasteiger partial charge in [-0.2, -0.15) is 0 Å². The van der Waals surface area contributed by atoms with Crippen LogP contribution in [0.1, 0.15) is 39.9 Å². The fraction of sp³-hybridized carbons (Fsp3) is 0.333. The van der Waals surface area contributed by atoms with E-state index in [9.17, 15) is 4.79 Å². The van der Waals surface area contributed by atoms with Crippen LogP contribution in [0.2, 0.25) is 0 Å². The van der Waals surface area contributed by atoms with Crippen LogP contribution in [-0.4, -0.2) is 32.5 Å². The number of hydrogen-bond donors (Lipinski definition) is 3. The maximum absolute atomic E-state index is 11.6. The number of aliphatic imine (C=N–C) groups is 1. The zero-order valence-electron chi connectivity index (χ0n) is 16.0. The molecule has 0 heterocycles. The number of nitrogens with zero attached hydrogens (tertiary/aromatic N) is 1. The lowest BCUT2D eigenvalue weighted by molar-refractivity contribution is 0.0963. The average Bonchev–Trinajstić information content (AvgIpc) is 2.67. The summed E-state index contributed by atoms with van der Waals surface area (Å²) in [5.74, 6) is 1.08. The molecule has 2 aromatic rings. The molecule has 2 aromatic carbocycles. The number of carbonyl (C=O) groups is 1. The second-order valence-electron chi connectivity index (χ2n) is 6.40. The Morgan fingerprint density at radius 3 is 2.46 bits per heavy atom. The van der Waals surface area contributed by atoms with E-state index in [-0.39, 0.29) is 5.91 Å². The summed E-state index contributed by atoms with van der Waals surface area (Å²) in [4.78, 5) is 15.8. The van der Waals surface area contributed by atoms with Gasteiger partial charge in [-0.3, -0.25) is 9.79 Å². The number of benzene rings is 2. The first-order chi connectivity index (χ1) is 12.5. The van der Waals surface area contributed by atoms with Crippen LogP contribution in [0.3, 0.4) is 0 Å². The Balaban J connectivity index is 1.85. The summed E-state index contributed by atoms with van der Waals surface area (Å²) in [5.41, 5.74) is 4.34. The lowest BCUT2D eigenvalue weighted by atomic mass is 9.99. The van der Waals surface area contributed by atoms with Crippen molar-refractivity contribution in [1.82, 2.24) is 16.0 Å². The minimum atomic E-state index is -0.0767. The highest BCUT2D eigenvalue weighted by Gasteiger charge is 2.07. The number of aryl methyl sites for hydroxylation is 1. The summed E-state index contributed by atoms with van der Waals surface area (Å²) in [5, 5.41) is 9.30. The number of rotatable bonds is 6. The van der Waals surface area contributed by atoms with Gasteiger partial charge >= 0.3 is 0 Å². The topological polar surface area (TPSA) is 65.5 Å². The van der Waals surface area contributed by atoms with Crippen molar-refractivity contribution in [3.63, 3.8) is 0 Å². The van der Waals surface area contributed by atoms with Crippen molar-refractivity contribution in [2.45, 2.75) is 26.3 Å². The predicted octanol–water partition coefficient (Wildman–Crippen LogP) is 2.82. The summed E-state index contributed by atoms with van der Waals surface area (Å²) < 4.78 is 0. The van der Waals surface area contributed by atoms with E-state index in [0.717, 1.165) is 18.1 Å². The molecular weight excluding hydrogens is 324 g/mol. The van der Waals surface area contributed by atoms with Gasteiger partial charge < -0.3 is 16.0 Å². The van der Waals surface area contributed by atoms with E-state index in [2.05, 4.69) is 59.1 Å². The molecule has 0 saturated heterocycles. The molecule has 1 atom stereocenters. The van der Waals surface area contributed by atoms with Crippen LogP contribution in [0.15, 0.2) is 53.5 Å².